The number of rotatable bonds is 3. The SMILES string of the molecule is Cc1ccccc1Cn1ccc(=O)cc1-c1cccc(C(F)(F)F)c1Cl. The van der Waals surface area contributed by atoms with E-state index in [9.17, 15) is 18.0 Å². The lowest BCUT2D eigenvalue weighted by Crippen LogP contribution is -2.12. The lowest BCUT2D eigenvalue weighted by Gasteiger charge is -2.18. The van der Waals surface area contributed by atoms with Crippen molar-refractivity contribution in [1.29, 1.82) is 0 Å². The van der Waals surface area contributed by atoms with E-state index in [0.29, 0.717) is 12.2 Å². The molecule has 0 aliphatic carbocycles. The van der Waals surface area contributed by atoms with E-state index < -0.39 is 16.8 Å². The maximum atomic E-state index is 13.2. The van der Waals surface area contributed by atoms with Crippen LogP contribution >= 0.6 is 11.6 Å². The first-order valence-corrected chi connectivity index (χ1v) is 8.26. The van der Waals surface area contributed by atoms with Crippen molar-refractivity contribution in [2.45, 2.75) is 19.6 Å². The second-order valence-electron chi connectivity index (χ2n) is 5.97. The number of alkyl halides is 3. The molecule has 1 heterocycles. The Bertz CT molecular complexity index is 1010. The van der Waals surface area contributed by atoms with Crippen LogP contribution < -0.4 is 5.43 Å². The predicted molar refractivity (Wildman–Crippen MR) is 96.4 cm³/mol. The van der Waals surface area contributed by atoms with Crippen LogP contribution in [-0.2, 0) is 12.7 Å². The molecule has 134 valence electrons. The molecule has 0 spiro atoms. The average molecular weight is 378 g/mol. The first-order valence-electron chi connectivity index (χ1n) is 7.88. The van der Waals surface area contributed by atoms with E-state index in [0.717, 1.165) is 17.2 Å². The molecule has 6 heteroatoms. The Morgan fingerprint density at radius 2 is 1.77 bits per heavy atom. The molecular formula is C20H15ClF3NO. The van der Waals surface area contributed by atoms with Gasteiger partial charge in [-0.2, -0.15) is 13.2 Å². The zero-order valence-corrected chi connectivity index (χ0v) is 14.6. The molecule has 2 nitrogen and oxygen atoms in total. The van der Waals surface area contributed by atoms with Crippen LogP contribution in [0.4, 0.5) is 13.2 Å². The Hall–Kier alpha value is -2.53. The molecule has 0 unspecified atom stereocenters. The highest BCUT2D eigenvalue weighted by molar-refractivity contribution is 6.34. The molecule has 0 saturated heterocycles. The lowest BCUT2D eigenvalue weighted by atomic mass is 10.0. The third-order valence-corrected chi connectivity index (χ3v) is 4.60. The maximum absolute atomic E-state index is 13.2. The van der Waals surface area contributed by atoms with Gasteiger partial charge in [-0.1, -0.05) is 48.0 Å². The standard InChI is InChI=1S/C20H15ClF3NO/c1-13-5-2-3-6-14(13)12-25-10-9-15(26)11-18(25)16-7-4-8-17(19(16)21)20(22,23)24/h2-11H,12H2,1H3. The van der Waals surface area contributed by atoms with Crippen molar-refractivity contribution >= 4 is 11.6 Å². The number of hydrogen-bond donors (Lipinski definition) is 0. The molecule has 0 saturated carbocycles. The summed E-state index contributed by atoms with van der Waals surface area (Å²) in [5, 5.41) is -0.413. The van der Waals surface area contributed by atoms with E-state index >= 15 is 0 Å². The van der Waals surface area contributed by atoms with Gasteiger partial charge in [-0.25, -0.2) is 0 Å². The van der Waals surface area contributed by atoms with Crippen LogP contribution in [0.25, 0.3) is 11.3 Å². The molecule has 0 aliphatic rings. The van der Waals surface area contributed by atoms with Crippen molar-refractivity contribution in [2.24, 2.45) is 0 Å². The van der Waals surface area contributed by atoms with Crippen LogP contribution in [0.2, 0.25) is 5.02 Å². The summed E-state index contributed by atoms with van der Waals surface area (Å²) in [4.78, 5) is 11.8. The van der Waals surface area contributed by atoms with Gasteiger partial charge >= 0.3 is 6.18 Å². The molecule has 3 rings (SSSR count). The van der Waals surface area contributed by atoms with Gasteiger partial charge in [-0.05, 0) is 24.1 Å². The number of benzene rings is 2. The van der Waals surface area contributed by atoms with Gasteiger partial charge in [0.15, 0.2) is 5.43 Å². The Labute approximate surface area is 153 Å². The second-order valence-corrected chi connectivity index (χ2v) is 6.34. The molecule has 0 radical (unpaired) electrons. The van der Waals surface area contributed by atoms with Gasteiger partial charge in [-0.3, -0.25) is 4.79 Å². The minimum absolute atomic E-state index is 0.174. The maximum Gasteiger partial charge on any atom is 0.417 e. The summed E-state index contributed by atoms with van der Waals surface area (Å²) in [7, 11) is 0. The minimum atomic E-state index is -4.57. The highest BCUT2D eigenvalue weighted by Gasteiger charge is 2.34. The summed E-state index contributed by atoms with van der Waals surface area (Å²) in [6.45, 7) is 2.36. The molecule has 1 aromatic heterocycles. The molecule has 0 aliphatic heterocycles. The summed E-state index contributed by atoms with van der Waals surface area (Å²) in [6, 6.07) is 14.1. The molecule has 0 fully saturated rings. The number of nitrogens with zero attached hydrogens (tertiary/aromatic N) is 1. The molecule has 26 heavy (non-hydrogen) atoms. The molecule has 0 bridgehead atoms. The van der Waals surface area contributed by atoms with Crippen LogP contribution in [0.15, 0.2) is 65.6 Å². The first kappa shape index (κ1) is 18.3. The number of halogens is 4. The van der Waals surface area contributed by atoms with E-state index in [1.165, 1.54) is 24.3 Å². The van der Waals surface area contributed by atoms with E-state index in [4.69, 9.17) is 11.6 Å². The van der Waals surface area contributed by atoms with Crippen molar-refractivity contribution in [2.75, 3.05) is 0 Å². The first-order chi connectivity index (χ1) is 12.3. The van der Waals surface area contributed by atoms with E-state index in [-0.39, 0.29) is 11.0 Å². The summed E-state index contributed by atoms with van der Waals surface area (Å²) in [5.74, 6) is 0. The number of aromatic nitrogens is 1. The third-order valence-electron chi connectivity index (χ3n) is 4.19. The van der Waals surface area contributed by atoms with Crippen molar-refractivity contribution in [3.63, 3.8) is 0 Å². The molecule has 0 N–H and O–H groups in total. The van der Waals surface area contributed by atoms with Gasteiger partial charge in [0.2, 0.25) is 0 Å². The fourth-order valence-corrected chi connectivity index (χ4v) is 3.13. The van der Waals surface area contributed by atoms with Crippen molar-refractivity contribution in [3.05, 3.63) is 92.7 Å². The summed E-state index contributed by atoms with van der Waals surface area (Å²) < 4.78 is 41.2. The Kier molecular flexibility index (Phi) is 4.92. The number of hydrogen-bond acceptors (Lipinski definition) is 1. The van der Waals surface area contributed by atoms with Gasteiger partial charge < -0.3 is 4.57 Å². The summed E-state index contributed by atoms with van der Waals surface area (Å²) in [6.07, 6.45) is -3.00. The lowest BCUT2D eigenvalue weighted by molar-refractivity contribution is -0.137. The summed E-state index contributed by atoms with van der Waals surface area (Å²) in [5.41, 5.74) is 1.35. The van der Waals surface area contributed by atoms with Crippen LogP contribution in [0.5, 0.6) is 0 Å². The minimum Gasteiger partial charge on any atom is -0.343 e. The normalized spacial score (nSPS) is 11.6. The zero-order valence-electron chi connectivity index (χ0n) is 13.8. The second kappa shape index (κ2) is 7.00. The van der Waals surface area contributed by atoms with Crippen molar-refractivity contribution < 1.29 is 13.2 Å². The van der Waals surface area contributed by atoms with E-state index in [2.05, 4.69) is 0 Å². The average Bonchev–Trinajstić information content (AvgIpc) is 2.57. The molecule has 0 amide bonds. The highest BCUT2D eigenvalue weighted by atomic mass is 35.5. The Morgan fingerprint density at radius 3 is 2.46 bits per heavy atom. The number of aryl methyl sites for hydroxylation is 1. The van der Waals surface area contributed by atoms with Gasteiger partial charge in [0, 0.05) is 30.4 Å². The molecule has 0 atom stereocenters. The Balaban J connectivity index is 2.16. The quantitative estimate of drug-likeness (QED) is 0.587. The van der Waals surface area contributed by atoms with Crippen molar-refractivity contribution in [3.8, 4) is 11.3 Å². The fraction of sp³-hybridized carbons (Fsp3) is 0.150. The summed E-state index contributed by atoms with van der Waals surface area (Å²) >= 11 is 6.05. The largest absolute Gasteiger partial charge is 0.417 e. The fourth-order valence-electron chi connectivity index (χ4n) is 2.80. The van der Waals surface area contributed by atoms with Crippen LogP contribution in [0.3, 0.4) is 0 Å². The van der Waals surface area contributed by atoms with Crippen LogP contribution in [0.1, 0.15) is 16.7 Å². The monoisotopic (exact) mass is 377 g/mol. The molecule has 3 aromatic rings. The van der Waals surface area contributed by atoms with E-state index in [1.54, 1.807) is 10.8 Å². The van der Waals surface area contributed by atoms with Crippen LogP contribution in [-0.4, -0.2) is 4.57 Å². The smallest absolute Gasteiger partial charge is 0.343 e. The third kappa shape index (κ3) is 3.68. The molecule has 2 aromatic carbocycles. The zero-order chi connectivity index (χ0) is 18.9. The molecular weight excluding hydrogens is 363 g/mol. The van der Waals surface area contributed by atoms with Gasteiger partial charge in [-0.15, -0.1) is 0 Å². The van der Waals surface area contributed by atoms with Crippen LogP contribution in [0, 0.1) is 6.92 Å². The van der Waals surface area contributed by atoms with Crippen molar-refractivity contribution in [1.82, 2.24) is 4.57 Å². The van der Waals surface area contributed by atoms with Gasteiger partial charge in [0.05, 0.1) is 16.3 Å². The topological polar surface area (TPSA) is 22.0 Å². The van der Waals surface area contributed by atoms with Gasteiger partial charge in [0.25, 0.3) is 0 Å². The van der Waals surface area contributed by atoms with E-state index in [1.807, 2.05) is 31.2 Å². The Morgan fingerprint density at radius 1 is 1.04 bits per heavy atom. The highest BCUT2D eigenvalue weighted by Crippen LogP contribution is 2.39. The van der Waals surface area contributed by atoms with Gasteiger partial charge in [0.1, 0.15) is 0 Å². The number of pyridine rings is 1. The predicted octanol–water partition coefficient (Wildman–Crippen LogP) is 5.54.